The molecule has 0 saturated heterocycles. The van der Waals surface area contributed by atoms with Crippen molar-refractivity contribution in [3.8, 4) is 47.5 Å². The molecule has 0 bridgehead atoms. The first-order valence-electron chi connectivity index (χ1n) is 10.5. The van der Waals surface area contributed by atoms with E-state index in [-0.39, 0.29) is 0 Å². The van der Waals surface area contributed by atoms with Crippen molar-refractivity contribution in [3.63, 3.8) is 0 Å². The Morgan fingerprint density at radius 2 is 0.824 bits per heavy atom. The zero-order chi connectivity index (χ0) is 23.7. The molecule has 2 heterocycles. The second kappa shape index (κ2) is 9.12. The largest absolute Gasteiger partial charge is 0.497 e. The molecule has 0 radical (unpaired) electrons. The van der Waals surface area contributed by atoms with E-state index in [0.717, 1.165) is 49.9 Å². The van der Waals surface area contributed by atoms with Gasteiger partial charge in [0.1, 0.15) is 5.75 Å². The fourth-order valence-corrected chi connectivity index (χ4v) is 5.71. The first-order chi connectivity index (χ1) is 16.4. The van der Waals surface area contributed by atoms with Gasteiger partial charge in [0.05, 0.1) is 12.7 Å². The molecule has 0 N–H and O–H groups in total. The third kappa shape index (κ3) is 4.65. The van der Waals surface area contributed by atoms with Crippen molar-refractivity contribution in [3.05, 3.63) is 103 Å². The topological polar surface area (TPSA) is 9.23 Å². The molecule has 0 spiro atoms. The zero-order valence-electron chi connectivity index (χ0n) is 18.1. The zero-order valence-corrected chi connectivity index (χ0v) is 19.7. The quantitative estimate of drug-likeness (QED) is 0.237. The maximum absolute atomic E-state index is 12.8. The van der Waals surface area contributed by atoms with Gasteiger partial charge in [0.25, 0.3) is 0 Å². The summed E-state index contributed by atoms with van der Waals surface area (Å²) in [5.74, 6) is 0.839. The molecule has 0 fully saturated rings. The second-order valence-corrected chi connectivity index (χ2v) is 9.88. The predicted molar refractivity (Wildman–Crippen MR) is 135 cm³/mol. The number of methoxy groups -OCH3 is 1. The summed E-state index contributed by atoms with van der Waals surface area (Å²) in [5.41, 5.74) is 3.53. The molecule has 0 atom stereocenters. The monoisotopic (exact) mass is 492 g/mol. The molecule has 0 amide bonds. The van der Waals surface area contributed by atoms with E-state index in [0.29, 0.717) is 0 Å². The number of rotatable bonds is 5. The van der Waals surface area contributed by atoms with Gasteiger partial charge in [-0.25, -0.2) is 0 Å². The van der Waals surface area contributed by atoms with Gasteiger partial charge in [0.2, 0.25) is 0 Å². The second-order valence-electron chi connectivity index (χ2n) is 7.71. The van der Waals surface area contributed by atoms with Crippen molar-refractivity contribution in [1.82, 2.24) is 0 Å². The molecule has 0 saturated carbocycles. The number of hydrogen-bond acceptors (Lipinski definition) is 3. The molecule has 0 aliphatic rings. The summed E-state index contributed by atoms with van der Waals surface area (Å²) in [6.45, 7) is 0. The van der Waals surface area contributed by atoms with Crippen molar-refractivity contribution < 1.29 is 17.9 Å². The molecule has 34 heavy (non-hydrogen) atoms. The Kier molecular flexibility index (Phi) is 6.02. The Labute approximate surface area is 203 Å². The van der Waals surface area contributed by atoms with Gasteiger partial charge in [0, 0.05) is 19.5 Å². The van der Waals surface area contributed by atoms with E-state index in [2.05, 4.69) is 48.5 Å². The minimum absolute atomic E-state index is 0.632. The number of thiophene rings is 2. The minimum atomic E-state index is -4.32. The molecule has 5 aromatic rings. The molecule has 5 rings (SSSR count). The highest BCUT2D eigenvalue weighted by atomic mass is 32.1. The highest BCUT2D eigenvalue weighted by Crippen LogP contribution is 2.39. The molecule has 170 valence electrons. The summed E-state index contributed by atoms with van der Waals surface area (Å²) >= 11 is 3.31. The van der Waals surface area contributed by atoms with Gasteiger partial charge < -0.3 is 4.74 Å². The Balaban J connectivity index is 1.33. The number of alkyl halides is 3. The van der Waals surface area contributed by atoms with Crippen molar-refractivity contribution in [2.75, 3.05) is 7.11 Å². The maximum atomic E-state index is 12.8. The van der Waals surface area contributed by atoms with Gasteiger partial charge in [-0.3, -0.25) is 0 Å². The molecule has 2 aromatic heterocycles. The fourth-order valence-electron chi connectivity index (χ4n) is 3.67. The van der Waals surface area contributed by atoms with Gasteiger partial charge in [-0.1, -0.05) is 36.4 Å². The number of benzene rings is 3. The SMILES string of the molecule is COc1ccc(-c2ccc(-c3ccc(-c4ccc(-c5ccc(C(F)(F)F)cc5)s4)cc3)s2)cc1. The highest BCUT2D eigenvalue weighted by molar-refractivity contribution is 7.19. The fraction of sp³-hybridized carbons (Fsp3) is 0.0714. The van der Waals surface area contributed by atoms with Gasteiger partial charge in [0.15, 0.2) is 0 Å². The highest BCUT2D eigenvalue weighted by Gasteiger charge is 2.30. The van der Waals surface area contributed by atoms with E-state index in [1.807, 2.05) is 24.3 Å². The Morgan fingerprint density at radius 3 is 1.15 bits per heavy atom. The molecule has 0 unspecified atom stereocenters. The summed E-state index contributed by atoms with van der Waals surface area (Å²) in [6, 6.07) is 30.0. The summed E-state index contributed by atoms with van der Waals surface area (Å²) < 4.78 is 43.7. The van der Waals surface area contributed by atoms with Crippen LogP contribution < -0.4 is 4.74 Å². The van der Waals surface area contributed by atoms with Crippen LogP contribution in [0, 0.1) is 0 Å². The van der Waals surface area contributed by atoms with E-state index >= 15 is 0 Å². The van der Waals surface area contributed by atoms with Crippen LogP contribution in [0.2, 0.25) is 0 Å². The average molecular weight is 493 g/mol. The third-order valence-corrected chi connectivity index (χ3v) is 7.90. The lowest BCUT2D eigenvalue weighted by Crippen LogP contribution is -2.03. The number of halogens is 3. The smallest absolute Gasteiger partial charge is 0.416 e. The molecule has 0 aliphatic carbocycles. The van der Waals surface area contributed by atoms with E-state index in [4.69, 9.17) is 4.74 Å². The van der Waals surface area contributed by atoms with Gasteiger partial charge in [-0.15, -0.1) is 22.7 Å². The maximum Gasteiger partial charge on any atom is 0.416 e. The number of ether oxygens (including phenoxy) is 1. The average Bonchev–Trinajstić information content (AvgIpc) is 3.54. The van der Waals surface area contributed by atoms with E-state index in [1.54, 1.807) is 29.8 Å². The van der Waals surface area contributed by atoms with Crippen molar-refractivity contribution >= 4 is 22.7 Å². The van der Waals surface area contributed by atoms with Crippen LogP contribution in [0.1, 0.15) is 5.56 Å². The lowest BCUT2D eigenvalue weighted by atomic mass is 10.1. The summed E-state index contributed by atoms with van der Waals surface area (Å²) in [4.78, 5) is 4.40. The van der Waals surface area contributed by atoms with Crippen LogP contribution in [0.5, 0.6) is 5.75 Å². The van der Waals surface area contributed by atoms with Crippen molar-refractivity contribution in [2.45, 2.75) is 6.18 Å². The van der Waals surface area contributed by atoms with Crippen LogP contribution in [0.3, 0.4) is 0 Å². The Morgan fingerprint density at radius 1 is 0.500 bits per heavy atom. The van der Waals surface area contributed by atoms with Gasteiger partial charge in [-0.05, 0) is 82.9 Å². The van der Waals surface area contributed by atoms with E-state index in [1.165, 1.54) is 21.9 Å². The third-order valence-electron chi connectivity index (χ3n) is 5.54. The van der Waals surface area contributed by atoms with Crippen LogP contribution in [0.25, 0.3) is 41.8 Å². The molecule has 3 aromatic carbocycles. The number of hydrogen-bond donors (Lipinski definition) is 0. The first kappa shape index (κ1) is 22.4. The summed E-state index contributed by atoms with van der Waals surface area (Å²) in [7, 11) is 1.66. The van der Waals surface area contributed by atoms with Crippen LogP contribution in [0.15, 0.2) is 97.1 Å². The van der Waals surface area contributed by atoms with Gasteiger partial charge >= 0.3 is 6.18 Å². The Bertz CT molecular complexity index is 1390. The predicted octanol–water partition coefficient (Wildman–Crippen LogP) is 9.50. The molecular formula is C28H19F3OS2. The van der Waals surface area contributed by atoms with Crippen molar-refractivity contribution in [1.29, 1.82) is 0 Å². The molecule has 1 nitrogen and oxygen atoms in total. The lowest BCUT2D eigenvalue weighted by molar-refractivity contribution is -0.137. The van der Waals surface area contributed by atoms with Crippen LogP contribution in [-0.2, 0) is 6.18 Å². The van der Waals surface area contributed by atoms with Crippen molar-refractivity contribution in [2.24, 2.45) is 0 Å². The lowest BCUT2D eigenvalue weighted by Gasteiger charge is -2.06. The normalized spacial score (nSPS) is 11.5. The minimum Gasteiger partial charge on any atom is -0.497 e. The molecule has 0 aliphatic heterocycles. The standard InChI is InChI=1S/C28H19F3OS2/c1-32-23-12-8-21(9-13-23)27-17-15-25(34-27)19-4-2-18(3-5-19)24-14-16-26(33-24)20-6-10-22(11-7-20)28(29,30)31/h2-17H,1H3. The van der Waals surface area contributed by atoms with Gasteiger partial charge in [-0.2, -0.15) is 13.2 Å². The first-order valence-corrected chi connectivity index (χ1v) is 12.2. The summed E-state index contributed by atoms with van der Waals surface area (Å²) in [5, 5.41) is 0. The van der Waals surface area contributed by atoms with Crippen LogP contribution in [-0.4, -0.2) is 7.11 Å². The Hall–Kier alpha value is -3.35. The van der Waals surface area contributed by atoms with Crippen LogP contribution >= 0.6 is 22.7 Å². The van der Waals surface area contributed by atoms with Crippen LogP contribution in [0.4, 0.5) is 13.2 Å². The van der Waals surface area contributed by atoms with E-state index in [9.17, 15) is 13.2 Å². The van der Waals surface area contributed by atoms with E-state index < -0.39 is 11.7 Å². The molecular weight excluding hydrogens is 473 g/mol. The summed E-state index contributed by atoms with van der Waals surface area (Å²) in [6.07, 6.45) is -4.32. The molecule has 6 heteroatoms.